The van der Waals surface area contributed by atoms with Crippen LogP contribution < -0.4 is 0 Å². The van der Waals surface area contributed by atoms with E-state index in [0.717, 1.165) is 12.0 Å². The summed E-state index contributed by atoms with van der Waals surface area (Å²) in [4.78, 5) is 0. The molecule has 0 aromatic heterocycles. The fraction of sp³-hybridized carbons (Fsp3) is 0.486. The fourth-order valence-electron chi connectivity index (χ4n) is 7.01. The van der Waals surface area contributed by atoms with Gasteiger partial charge < -0.3 is 33.5 Å². The molecule has 2 saturated heterocycles. The van der Waals surface area contributed by atoms with Crippen molar-refractivity contribution in [2.24, 2.45) is 0 Å². The van der Waals surface area contributed by atoms with E-state index in [9.17, 15) is 5.11 Å². The third kappa shape index (κ3) is 5.67. The number of hydrogen-bond acceptors (Lipinski definition) is 7. The van der Waals surface area contributed by atoms with Gasteiger partial charge in [0.05, 0.1) is 49.8 Å². The average molecular weight is 573 g/mol. The van der Waals surface area contributed by atoms with Crippen molar-refractivity contribution in [2.75, 3.05) is 6.61 Å². The maximum atomic E-state index is 10.6. The lowest BCUT2D eigenvalue weighted by molar-refractivity contribution is -0.295. The summed E-state index contributed by atoms with van der Waals surface area (Å²) in [5, 5.41) is 12.9. The van der Waals surface area contributed by atoms with E-state index in [1.54, 1.807) is 12.2 Å². The third-order valence-corrected chi connectivity index (χ3v) is 9.13. The number of aliphatic hydroxyl groups excluding tert-OH is 1. The van der Waals surface area contributed by atoms with Crippen LogP contribution in [0, 0.1) is 0 Å². The van der Waals surface area contributed by atoms with Gasteiger partial charge in [0.1, 0.15) is 30.5 Å². The predicted octanol–water partition coefficient (Wildman–Crippen LogP) is 4.97. The molecule has 5 aliphatic heterocycles. The Labute approximate surface area is 247 Å². The molecule has 0 spiro atoms. The molecule has 0 radical (unpaired) electrons. The summed E-state index contributed by atoms with van der Waals surface area (Å²) in [5.74, 6) is 0. The van der Waals surface area contributed by atoms with Gasteiger partial charge in [-0.15, -0.1) is 6.58 Å². The van der Waals surface area contributed by atoms with Crippen molar-refractivity contribution in [2.45, 2.75) is 99.4 Å². The number of ether oxygens (including phenoxy) is 6. The minimum absolute atomic E-state index is 0.120. The Kier molecular flexibility index (Phi) is 8.41. The minimum Gasteiger partial charge on any atom is -0.386 e. The second-order valence-electron chi connectivity index (χ2n) is 11.8. The lowest BCUT2D eigenvalue weighted by atomic mass is 9.87. The molecule has 2 fully saturated rings. The van der Waals surface area contributed by atoms with Crippen molar-refractivity contribution in [1.82, 2.24) is 0 Å². The highest BCUT2D eigenvalue weighted by molar-refractivity contribution is 5.85. The van der Waals surface area contributed by atoms with Crippen LogP contribution in [0.3, 0.4) is 0 Å². The number of aliphatic hydroxyl groups is 1. The Morgan fingerprint density at radius 3 is 2.52 bits per heavy atom. The van der Waals surface area contributed by atoms with Crippen LogP contribution in [0.5, 0.6) is 0 Å². The SMILES string of the molecule is C=CC[C@H]1O[C@H]2C=C[C@H]3O[C@@H]4[C@H](OCc5cccc6ccccc56)[C@@H]5OCC=CC[C@@H]5O[C@@H]4C[C@@H]3O[C@@H]2C/C=C\[C@@H]1O. The van der Waals surface area contributed by atoms with E-state index in [-0.39, 0.29) is 61.0 Å². The Hall–Kier alpha value is -2.62. The van der Waals surface area contributed by atoms with Gasteiger partial charge in [-0.25, -0.2) is 0 Å². The summed E-state index contributed by atoms with van der Waals surface area (Å²) in [6, 6.07) is 14.7. The summed E-state index contributed by atoms with van der Waals surface area (Å²) in [6.07, 6.45) is 13.4. The highest BCUT2D eigenvalue weighted by Crippen LogP contribution is 2.40. The summed E-state index contributed by atoms with van der Waals surface area (Å²) in [5.41, 5.74) is 1.14. The third-order valence-electron chi connectivity index (χ3n) is 9.13. The van der Waals surface area contributed by atoms with Crippen LogP contribution in [0.4, 0.5) is 0 Å². The molecular weight excluding hydrogens is 532 g/mol. The van der Waals surface area contributed by atoms with E-state index >= 15 is 0 Å². The summed E-state index contributed by atoms with van der Waals surface area (Å²) >= 11 is 0. The second kappa shape index (κ2) is 12.5. The van der Waals surface area contributed by atoms with Gasteiger partial charge in [0.25, 0.3) is 0 Å². The van der Waals surface area contributed by atoms with E-state index in [2.05, 4.69) is 67.3 Å². The first-order chi connectivity index (χ1) is 20.7. The Morgan fingerprint density at radius 2 is 1.62 bits per heavy atom. The van der Waals surface area contributed by atoms with Gasteiger partial charge in [0, 0.05) is 6.42 Å². The molecule has 0 amide bonds. The molecule has 7 heteroatoms. The van der Waals surface area contributed by atoms with Crippen molar-refractivity contribution in [1.29, 1.82) is 0 Å². The number of fused-ring (bicyclic) bond motifs is 5. The van der Waals surface area contributed by atoms with E-state index in [1.165, 1.54) is 10.8 Å². The van der Waals surface area contributed by atoms with Crippen LogP contribution in [0.25, 0.3) is 10.8 Å². The van der Waals surface area contributed by atoms with Crippen LogP contribution in [0.1, 0.15) is 31.2 Å². The van der Waals surface area contributed by atoms with Crippen molar-refractivity contribution in [3.63, 3.8) is 0 Å². The molecular formula is C35H40O7. The molecule has 0 saturated carbocycles. The van der Waals surface area contributed by atoms with Crippen LogP contribution >= 0.6 is 0 Å². The Morgan fingerprint density at radius 1 is 0.810 bits per heavy atom. The molecule has 222 valence electrons. The van der Waals surface area contributed by atoms with Crippen LogP contribution in [-0.4, -0.2) is 78.9 Å². The normalized spacial score (nSPS) is 40.3. The molecule has 11 atom stereocenters. The molecule has 1 N–H and O–H groups in total. The molecule has 5 heterocycles. The van der Waals surface area contributed by atoms with E-state index < -0.39 is 6.10 Å². The summed E-state index contributed by atoms with van der Waals surface area (Å²) in [6.45, 7) is 4.81. The van der Waals surface area contributed by atoms with Gasteiger partial charge in [-0.1, -0.05) is 85.0 Å². The first-order valence-electron chi connectivity index (χ1n) is 15.3. The summed E-state index contributed by atoms with van der Waals surface area (Å²) < 4.78 is 39.7. The van der Waals surface area contributed by atoms with Crippen molar-refractivity contribution in [3.05, 3.63) is 97.1 Å². The van der Waals surface area contributed by atoms with Gasteiger partial charge >= 0.3 is 0 Å². The van der Waals surface area contributed by atoms with Crippen LogP contribution in [0.15, 0.2) is 91.6 Å². The maximum Gasteiger partial charge on any atom is 0.115 e. The molecule has 2 aromatic rings. The van der Waals surface area contributed by atoms with Crippen LogP contribution in [0.2, 0.25) is 0 Å². The zero-order chi connectivity index (χ0) is 28.5. The average Bonchev–Trinajstić information content (AvgIpc) is 3.33. The van der Waals surface area contributed by atoms with Gasteiger partial charge in [0.2, 0.25) is 0 Å². The van der Waals surface area contributed by atoms with Gasteiger partial charge in [-0.05, 0) is 35.6 Å². The number of hydrogen-bond donors (Lipinski definition) is 1. The minimum atomic E-state index is -0.684. The first-order valence-corrected chi connectivity index (χ1v) is 15.3. The topological polar surface area (TPSA) is 75.6 Å². The second-order valence-corrected chi connectivity index (χ2v) is 11.8. The van der Waals surface area contributed by atoms with Crippen molar-refractivity contribution in [3.8, 4) is 0 Å². The number of benzene rings is 2. The van der Waals surface area contributed by atoms with E-state index in [4.69, 9.17) is 28.4 Å². The summed E-state index contributed by atoms with van der Waals surface area (Å²) in [7, 11) is 0. The van der Waals surface area contributed by atoms with Gasteiger partial charge in [-0.3, -0.25) is 0 Å². The Balaban J connectivity index is 1.14. The molecule has 0 bridgehead atoms. The largest absolute Gasteiger partial charge is 0.386 e. The molecule has 7 nitrogen and oxygen atoms in total. The maximum absolute atomic E-state index is 10.6. The molecule has 7 rings (SSSR count). The highest BCUT2D eigenvalue weighted by atomic mass is 16.6. The molecule has 2 aromatic carbocycles. The standard InChI is InChI=1S/C35H40O7/c1-2-9-26-25(36)14-8-16-27-28(39-26)17-18-29-31(40-27)20-32-34(42-29)35(33-30(41-32)15-5-6-19-37-33)38-21-23-12-7-11-22-10-3-4-13-24(22)23/h2-8,10-14,17-18,25-36H,1,9,15-16,19-21H2/b14-8-/t25-,26+,27+,28-,29+,30-,31-,32+,33+,34-,35+/m0/s1. The van der Waals surface area contributed by atoms with E-state index in [1.807, 2.05) is 12.2 Å². The fourth-order valence-corrected chi connectivity index (χ4v) is 7.01. The first kappa shape index (κ1) is 28.2. The molecule has 5 aliphatic rings. The zero-order valence-electron chi connectivity index (χ0n) is 23.8. The Bertz CT molecular complexity index is 1330. The monoisotopic (exact) mass is 572 g/mol. The number of rotatable bonds is 5. The predicted molar refractivity (Wildman–Crippen MR) is 159 cm³/mol. The van der Waals surface area contributed by atoms with Crippen molar-refractivity contribution < 1.29 is 33.5 Å². The van der Waals surface area contributed by atoms with Crippen molar-refractivity contribution >= 4 is 10.8 Å². The smallest absolute Gasteiger partial charge is 0.115 e. The zero-order valence-corrected chi connectivity index (χ0v) is 23.8. The van der Waals surface area contributed by atoms with Gasteiger partial charge in [-0.2, -0.15) is 0 Å². The molecule has 42 heavy (non-hydrogen) atoms. The quantitative estimate of drug-likeness (QED) is 0.507. The van der Waals surface area contributed by atoms with E-state index in [0.29, 0.717) is 32.5 Å². The van der Waals surface area contributed by atoms with Crippen LogP contribution in [-0.2, 0) is 35.0 Å². The lowest BCUT2D eigenvalue weighted by Crippen LogP contribution is -2.64. The molecule has 0 aliphatic carbocycles. The highest BCUT2D eigenvalue weighted by Gasteiger charge is 2.53. The molecule has 0 unspecified atom stereocenters. The van der Waals surface area contributed by atoms with Gasteiger partial charge in [0.15, 0.2) is 0 Å². The lowest BCUT2D eigenvalue weighted by Gasteiger charge is -2.50.